The third kappa shape index (κ3) is 3.62. The summed E-state index contributed by atoms with van der Waals surface area (Å²) in [5.41, 5.74) is 0.861. The molecule has 0 saturated heterocycles. The Kier molecular flexibility index (Phi) is 4.69. The summed E-state index contributed by atoms with van der Waals surface area (Å²) < 4.78 is 0. The molecule has 98 valence electrons. The molecule has 0 spiro atoms. The van der Waals surface area contributed by atoms with Gasteiger partial charge in [-0.05, 0) is 29.8 Å². The number of rotatable bonds is 4. The zero-order valence-corrected chi connectivity index (χ0v) is 12.0. The van der Waals surface area contributed by atoms with Crippen LogP contribution in [0.25, 0.3) is 0 Å². The molecule has 0 fully saturated rings. The second kappa shape index (κ2) is 6.28. The molecule has 3 nitrogen and oxygen atoms in total. The summed E-state index contributed by atoms with van der Waals surface area (Å²) in [4.78, 5) is 15.4. The minimum absolute atomic E-state index is 0.0234. The van der Waals surface area contributed by atoms with Crippen molar-refractivity contribution in [2.24, 2.45) is 0 Å². The summed E-state index contributed by atoms with van der Waals surface area (Å²) in [7, 11) is 0. The van der Waals surface area contributed by atoms with Crippen LogP contribution in [0.15, 0.2) is 41.4 Å². The summed E-state index contributed by atoms with van der Waals surface area (Å²) in [5.74, 6) is -0.472. The van der Waals surface area contributed by atoms with Crippen LogP contribution in [0.1, 0.15) is 16.1 Å². The van der Waals surface area contributed by atoms with Gasteiger partial charge in [-0.15, -0.1) is 11.8 Å². The fraction of sp³-hybridized carbons (Fsp3) is 0.0769. The molecule has 1 N–H and O–H groups in total. The Morgan fingerprint density at radius 1 is 1.26 bits per heavy atom. The topological polar surface area (TPSA) is 50.2 Å². The highest BCUT2D eigenvalue weighted by Gasteiger charge is 2.08. The van der Waals surface area contributed by atoms with Gasteiger partial charge >= 0.3 is 5.97 Å². The Bertz CT molecular complexity index is 599. The lowest BCUT2D eigenvalue weighted by Crippen LogP contribution is -1.99. The number of hydrogen-bond acceptors (Lipinski definition) is 3. The van der Waals surface area contributed by atoms with Crippen molar-refractivity contribution in [3.63, 3.8) is 0 Å². The van der Waals surface area contributed by atoms with E-state index in [2.05, 4.69) is 4.98 Å². The number of hydrogen-bond donors (Lipinski definition) is 1. The number of thioether (sulfide) groups is 1. The van der Waals surface area contributed by atoms with Crippen LogP contribution >= 0.6 is 35.0 Å². The first-order valence-corrected chi connectivity index (χ1v) is 7.07. The normalized spacial score (nSPS) is 10.4. The summed E-state index contributed by atoms with van der Waals surface area (Å²) in [6.45, 7) is 0. The van der Waals surface area contributed by atoms with Gasteiger partial charge in [0.1, 0.15) is 5.69 Å². The summed E-state index contributed by atoms with van der Waals surface area (Å²) in [6, 6.07) is 8.62. The molecule has 6 heteroatoms. The molecular weight excluding hydrogens is 305 g/mol. The average Bonchev–Trinajstić information content (AvgIpc) is 2.38. The number of aromatic carboxylic acids is 1. The molecule has 0 atom stereocenters. The van der Waals surface area contributed by atoms with Gasteiger partial charge in [0.05, 0.1) is 0 Å². The van der Waals surface area contributed by atoms with Crippen molar-refractivity contribution in [1.29, 1.82) is 0 Å². The Morgan fingerprint density at radius 3 is 2.58 bits per heavy atom. The highest BCUT2D eigenvalue weighted by molar-refractivity contribution is 7.98. The molecule has 0 aliphatic carbocycles. The number of carbonyl (C=O) groups is 1. The monoisotopic (exact) mass is 313 g/mol. The van der Waals surface area contributed by atoms with Crippen molar-refractivity contribution in [2.75, 3.05) is 0 Å². The number of aromatic nitrogens is 1. The third-order valence-electron chi connectivity index (χ3n) is 2.40. The van der Waals surface area contributed by atoms with E-state index in [4.69, 9.17) is 28.3 Å². The van der Waals surface area contributed by atoms with Crippen molar-refractivity contribution in [1.82, 2.24) is 4.98 Å². The van der Waals surface area contributed by atoms with E-state index in [1.807, 2.05) is 0 Å². The number of carboxylic acids is 1. The Morgan fingerprint density at radius 2 is 1.95 bits per heavy atom. The first kappa shape index (κ1) is 14.2. The summed E-state index contributed by atoms with van der Waals surface area (Å²) in [5, 5.41) is 10.1. The number of halogens is 2. The maximum Gasteiger partial charge on any atom is 0.354 e. The van der Waals surface area contributed by atoms with Crippen LogP contribution in [-0.4, -0.2) is 16.1 Å². The highest BCUT2D eigenvalue weighted by atomic mass is 35.5. The van der Waals surface area contributed by atoms with Crippen LogP contribution in [0.5, 0.6) is 0 Å². The smallest absolute Gasteiger partial charge is 0.354 e. The van der Waals surface area contributed by atoms with Gasteiger partial charge in [-0.25, -0.2) is 9.78 Å². The minimum atomic E-state index is -1.04. The van der Waals surface area contributed by atoms with E-state index >= 15 is 0 Å². The lowest BCUT2D eigenvalue weighted by atomic mass is 10.2. The van der Waals surface area contributed by atoms with Gasteiger partial charge in [0, 0.05) is 26.9 Å². The molecule has 1 aromatic carbocycles. The maximum absolute atomic E-state index is 10.8. The fourth-order valence-corrected chi connectivity index (χ4v) is 3.11. The second-order valence-electron chi connectivity index (χ2n) is 3.67. The molecule has 2 aromatic rings. The molecule has 0 bridgehead atoms. The van der Waals surface area contributed by atoms with Crippen molar-refractivity contribution < 1.29 is 9.90 Å². The zero-order valence-electron chi connectivity index (χ0n) is 9.64. The quantitative estimate of drug-likeness (QED) is 0.851. The van der Waals surface area contributed by atoms with Gasteiger partial charge in [-0.3, -0.25) is 0 Å². The molecule has 0 unspecified atom stereocenters. The molecular formula is C13H9Cl2NO2S. The molecule has 0 aliphatic heterocycles. The SMILES string of the molecule is O=C(O)c1cc(SCc2c(Cl)cccc2Cl)ccn1. The second-order valence-corrected chi connectivity index (χ2v) is 5.53. The summed E-state index contributed by atoms with van der Waals surface area (Å²) >= 11 is 13.6. The predicted octanol–water partition coefficient (Wildman–Crippen LogP) is 4.38. The van der Waals surface area contributed by atoms with E-state index in [0.29, 0.717) is 15.8 Å². The van der Waals surface area contributed by atoms with E-state index in [-0.39, 0.29) is 5.69 Å². The molecule has 2 rings (SSSR count). The number of carboxylic acid groups (broad SMARTS) is 1. The lowest BCUT2D eigenvalue weighted by molar-refractivity contribution is 0.0690. The van der Waals surface area contributed by atoms with Crippen molar-refractivity contribution in [3.05, 3.63) is 57.8 Å². The first-order valence-electron chi connectivity index (χ1n) is 5.33. The molecule has 0 radical (unpaired) electrons. The van der Waals surface area contributed by atoms with E-state index in [1.165, 1.54) is 24.0 Å². The fourth-order valence-electron chi connectivity index (χ4n) is 1.44. The van der Waals surface area contributed by atoms with Gasteiger partial charge in [-0.2, -0.15) is 0 Å². The number of nitrogens with zero attached hydrogens (tertiary/aromatic N) is 1. The first-order chi connectivity index (χ1) is 9.08. The lowest BCUT2D eigenvalue weighted by Gasteiger charge is -2.06. The Balaban J connectivity index is 2.15. The number of pyridine rings is 1. The average molecular weight is 314 g/mol. The van der Waals surface area contributed by atoms with Crippen LogP contribution < -0.4 is 0 Å². The third-order valence-corrected chi connectivity index (χ3v) is 4.12. The largest absolute Gasteiger partial charge is 0.477 e. The van der Waals surface area contributed by atoms with Crippen LogP contribution in [0.3, 0.4) is 0 Å². The van der Waals surface area contributed by atoms with Crippen LogP contribution in [-0.2, 0) is 5.75 Å². The van der Waals surface area contributed by atoms with Gasteiger partial charge in [0.25, 0.3) is 0 Å². The summed E-state index contributed by atoms with van der Waals surface area (Å²) in [6.07, 6.45) is 1.47. The van der Waals surface area contributed by atoms with Crippen LogP contribution in [0.4, 0.5) is 0 Å². The molecule has 0 amide bonds. The van der Waals surface area contributed by atoms with Gasteiger partial charge < -0.3 is 5.11 Å². The van der Waals surface area contributed by atoms with Gasteiger partial charge in [-0.1, -0.05) is 29.3 Å². The van der Waals surface area contributed by atoms with Crippen molar-refractivity contribution in [3.8, 4) is 0 Å². The molecule has 19 heavy (non-hydrogen) atoms. The standard InChI is InChI=1S/C13H9Cl2NO2S/c14-10-2-1-3-11(15)9(10)7-19-8-4-5-16-12(6-8)13(17)18/h1-6H,7H2,(H,17,18). The van der Waals surface area contributed by atoms with E-state index < -0.39 is 5.97 Å². The van der Waals surface area contributed by atoms with Crippen molar-refractivity contribution >= 4 is 40.9 Å². The van der Waals surface area contributed by atoms with E-state index in [9.17, 15) is 4.79 Å². The number of benzene rings is 1. The molecule has 1 heterocycles. The van der Waals surface area contributed by atoms with E-state index in [1.54, 1.807) is 24.3 Å². The van der Waals surface area contributed by atoms with Gasteiger partial charge in [0.15, 0.2) is 0 Å². The minimum Gasteiger partial charge on any atom is -0.477 e. The van der Waals surface area contributed by atoms with Crippen LogP contribution in [0, 0.1) is 0 Å². The maximum atomic E-state index is 10.8. The zero-order chi connectivity index (χ0) is 13.8. The highest BCUT2D eigenvalue weighted by Crippen LogP contribution is 2.31. The Labute approximate surface area is 124 Å². The van der Waals surface area contributed by atoms with Gasteiger partial charge in [0.2, 0.25) is 0 Å². The van der Waals surface area contributed by atoms with Crippen LogP contribution in [0.2, 0.25) is 10.0 Å². The Hall–Kier alpha value is -1.23. The predicted molar refractivity (Wildman–Crippen MR) is 77.2 cm³/mol. The molecule has 1 aromatic heterocycles. The molecule has 0 saturated carbocycles. The van der Waals surface area contributed by atoms with E-state index in [0.717, 1.165) is 10.5 Å². The van der Waals surface area contributed by atoms with Crippen molar-refractivity contribution in [2.45, 2.75) is 10.6 Å². The molecule has 0 aliphatic rings.